The highest BCUT2D eigenvalue weighted by molar-refractivity contribution is 6.43. The molecule has 1 atom stereocenters. The quantitative estimate of drug-likeness (QED) is 0.845. The number of amides is 2. The topological polar surface area (TPSA) is 40.6 Å². The lowest BCUT2D eigenvalue weighted by molar-refractivity contribution is -0.136. The Bertz CT molecular complexity index is 569. The van der Waals surface area contributed by atoms with E-state index in [-0.39, 0.29) is 22.8 Å². The fourth-order valence-corrected chi connectivity index (χ4v) is 2.84. The molecule has 4 nitrogen and oxygen atoms in total. The van der Waals surface area contributed by atoms with Crippen molar-refractivity contribution in [3.05, 3.63) is 33.8 Å². The highest BCUT2D eigenvalue weighted by atomic mass is 35.5. The van der Waals surface area contributed by atoms with Crippen LogP contribution < -0.4 is 0 Å². The third kappa shape index (κ3) is 3.55. The van der Waals surface area contributed by atoms with Crippen LogP contribution in [0.5, 0.6) is 0 Å². The molecule has 1 aliphatic rings. The summed E-state index contributed by atoms with van der Waals surface area (Å²) in [5, 5.41) is 0.658. The predicted octanol–water partition coefficient (Wildman–Crippen LogP) is 3.32. The molecule has 2 rings (SSSR count). The van der Waals surface area contributed by atoms with E-state index in [1.54, 1.807) is 23.1 Å². The third-order valence-corrected chi connectivity index (χ3v) is 4.91. The van der Waals surface area contributed by atoms with Gasteiger partial charge in [-0.3, -0.25) is 9.59 Å². The number of carbonyl (C=O) groups is 2. The first-order chi connectivity index (χ1) is 10.5. The van der Waals surface area contributed by atoms with Crippen molar-refractivity contribution < 1.29 is 9.59 Å². The first kappa shape index (κ1) is 17.1. The summed E-state index contributed by atoms with van der Waals surface area (Å²) in [7, 11) is 0. The van der Waals surface area contributed by atoms with E-state index in [4.69, 9.17) is 23.2 Å². The highest BCUT2D eigenvalue weighted by Gasteiger charge is 2.27. The second-order valence-corrected chi connectivity index (χ2v) is 6.31. The summed E-state index contributed by atoms with van der Waals surface area (Å²) in [5.74, 6) is 0.0585. The summed E-state index contributed by atoms with van der Waals surface area (Å²) in [6.45, 7) is 6.10. The zero-order valence-electron chi connectivity index (χ0n) is 12.8. The van der Waals surface area contributed by atoms with E-state index in [0.717, 1.165) is 6.42 Å². The molecule has 22 heavy (non-hydrogen) atoms. The molecule has 6 heteroatoms. The normalized spacial score (nSPS) is 16.5. The molecule has 1 aliphatic heterocycles. The molecule has 2 amide bonds. The van der Waals surface area contributed by atoms with Gasteiger partial charge in [0.1, 0.15) is 0 Å². The number of piperazine rings is 1. The van der Waals surface area contributed by atoms with Gasteiger partial charge in [-0.2, -0.15) is 0 Å². The molecule has 0 aliphatic carbocycles. The van der Waals surface area contributed by atoms with Crippen molar-refractivity contribution in [2.45, 2.75) is 20.3 Å². The molecule has 0 radical (unpaired) electrons. The van der Waals surface area contributed by atoms with Crippen LogP contribution in [-0.4, -0.2) is 47.8 Å². The van der Waals surface area contributed by atoms with Gasteiger partial charge in [0.05, 0.1) is 15.6 Å². The van der Waals surface area contributed by atoms with Gasteiger partial charge in [-0.15, -0.1) is 0 Å². The lowest BCUT2D eigenvalue weighted by Gasteiger charge is -2.36. The molecule has 120 valence electrons. The average molecular weight is 343 g/mol. The maximum atomic E-state index is 12.5. The summed E-state index contributed by atoms with van der Waals surface area (Å²) < 4.78 is 0. The first-order valence-electron chi connectivity index (χ1n) is 7.47. The minimum absolute atomic E-state index is 0.0321. The second-order valence-electron chi connectivity index (χ2n) is 5.53. The smallest absolute Gasteiger partial charge is 0.255 e. The molecule has 0 saturated carbocycles. The van der Waals surface area contributed by atoms with Crippen molar-refractivity contribution in [2.24, 2.45) is 5.92 Å². The van der Waals surface area contributed by atoms with Crippen molar-refractivity contribution in [3.63, 3.8) is 0 Å². The zero-order valence-corrected chi connectivity index (χ0v) is 14.3. The van der Waals surface area contributed by atoms with Gasteiger partial charge in [-0.25, -0.2) is 0 Å². The van der Waals surface area contributed by atoms with Gasteiger partial charge in [-0.05, 0) is 18.6 Å². The van der Waals surface area contributed by atoms with Crippen LogP contribution in [0.3, 0.4) is 0 Å². The maximum absolute atomic E-state index is 12.5. The van der Waals surface area contributed by atoms with E-state index in [9.17, 15) is 9.59 Å². The highest BCUT2D eigenvalue weighted by Crippen LogP contribution is 2.26. The van der Waals surface area contributed by atoms with Crippen molar-refractivity contribution in [3.8, 4) is 0 Å². The fraction of sp³-hybridized carbons (Fsp3) is 0.500. The van der Waals surface area contributed by atoms with Gasteiger partial charge in [0.15, 0.2) is 0 Å². The Morgan fingerprint density at radius 3 is 2.32 bits per heavy atom. The first-order valence-corrected chi connectivity index (χ1v) is 8.23. The summed E-state index contributed by atoms with van der Waals surface area (Å²) >= 11 is 12.1. The Kier molecular flexibility index (Phi) is 5.70. The number of benzene rings is 1. The number of halogens is 2. The molecule has 0 N–H and O–H groups in total. The Labute approximate surface area is 141 Å². The van der Waals surface area contributed by atoms with Crippen LogP contribution in [0.4, 0.5) is 0 Å². The van der Waals surface area contributed by atoms with Crippen molar-refractivity contribution in [2.75, 3.05) is 26.2 Å². The van der Waals surface area contributed by atoms with E-state index in [0.29, 0.717) is 36.8 Å². The van der Waals surface area contributed by atoms with E-state index in [1.807, 2.05) is 18.7 Å². The lowest BCUT2D eigenvalue weighted by atomic mass is 10.1. The molecular weight excluding hydrogens is 323 g/mol. The monoisotopic (exact) mass is 342 g/mol. The Hall–Kier alpha value is -1.26. The minimum Gasteiger partial charge on any atom is -0.339 e. The van der Waals surface area contributed by atoms with E-state index in [2.05, 4.69) is 0 Å². The third-order valence-electron chi connectivity index (χ3n) is 4.09. The Morgan fingerprint density at radius 1 is 1.14 bits per heavy atom. The van der Waals surface area contributed by atoms with Crippen molar-refractivity contribution >= 4 is 35.0 Å². The summed E-state index contributed by atoms with van der Waals surface area (Å²) in [5.41, 5.74) is 0.413. The van der Waals surface area contributed by atoms with Crippen LogP contribution in [-0.2, 0) is 4.79 Å². The lowest BCUT2D eigenvalue weighted by Crippen LogP contribution is -2.51. The summed E-state index contributed by atoms with van der Waals surface area (Å²) in [6.07, 6.45) is 0.829. The van der Waals surface area contributed by atoms with Gasteiger partial charge in [0, 0.05) is 32.1 Å². The van der Waals surface area contributed by atoms with Crippen LogP contribution in [0.1, 0.15) is 30.6 Å². The Balaban J connectivity index is 2.01. The number of nitrogens with zero attached hydrogens (tertiary/aromatic N) is 2. The fourth-order valence-electron chi connectivity index (χ4n) is 2.46. The molecule has 0 unspecified atom stereocenters. The number of hydrogen-bond acceptors (Lipinski definition) is 2. The van der Waals surface area contributed by atoms with Crippen LogP contribution >= 0.6 is 23.2 Å². The van der Waals surface area contributed by atoms with Crippen LogP contribution in [0.2, 0.25) is 10.0 Å². The molecule has 1 fully saturated rings. The molecule has 0 spiro atoms. The van der Waals surface area contributed by atoms with Gasteiger partial charge < -0.3 is 9.80 Å². The molecule has 1 saturated heterocycles. The van der Waals surface area contributed by atoms with E-state index in [1.165, 1.54) is 0 Å². The van der Waals surface area contributed by atoms with E-state index < -0.39 is 0 Å². The Morgan fingerprint density at radius 2 is 1.73 bits per heavy atom. The number of carbonyl (C=O) groups excluding carboxylic acids is 2. The molecule has 0 aromatic heterocycles. The largest absolute Gasteiger partial charge is 0.339 e. The van der Waals surface area contributed by atoms with E-state index >= 15 is 0 Å². The molecule has 1 aromatic carbocycles. The van der Waals surface area contributed by atoms with Gasteiger partial charge in [-0.1, -0.05) is 43.1 Å². The molecule has 0 bridgehead atoms. The summed E-state index contributed by atoms with van der Waals surface area (Å²) in [6, 6.07) is 5.04. The predicted molar refractivity (Wildman–Crippen MR) is 88.4 cm³/mol. The van der Waals surface area contributed by atoms with Crippen LogP contribution in [0, 0.1) is 5.92 Å². The van der Waals surface area contributed by atoms with Crippen LogP contribution in [0.15, 0.2) is 18.2 Å². The average Bonchev–Trinajstić information content (AvgIpc) is 2.55. The van der Waals surface area contributed by atoms with Crippen LogP contribution in [0.25, 0.3) is 0 Å². The molecular formula is C16H20Cl2N2O2. The SMILES string of the molecule is CC[C@H](C)C(=O)N1CCN(C(=O)c2cccc(Cl)c2Cl)CC1. The molecule has 1 aromatic rings. The van der Waals surface area contributed by atoms with Gasteiger partial charge in [0.2, 0.25) is 5.91 Å². The summed E-state index contributed by atoms with van der Waals surface area (Å²) in [4.78, 5) is 28.2. The standard InChI is InChI=1S/C16H20Cl2N2O2/c1-3-11(2)15(21)19-7-9-20(10-8-19)16(22)12-5-4-6-13(17)14(12)18/h4-6,11H,3,7-10H2,1-2H3/t11-/m0/s1. The second kappa shape index (κ2) is 7.34. The van der Waals surface area contributed by atoms with Crippen molar-refractivity contribution in [1.29, 1.82) is 0 Å². The van der Waals surface area contributed by atoms with Gasteiger partial charge in [0.25, 0.3) is 5.91 Å². The minimum atomic E-state index is -0.136. The zero-order chi connectivity index (χ0) is 16.3. The van der Waals surface area contributed by atoms with Gasteiger partial charge >= 0.3 is 0 Å². The molecule has 1 heterocycles. The number of rotatable bonds is 3. The maximum Gasteiger partial charge on any atom is 0.255 e. The number of hydrogen-bond donors (Lipinski definition) is 0. The van der Waals surface area contributed by atoms with Crippen molar-refractivity contribution in [1.82, 2.24) is 9.80 Å².